The minimum absolute atomic E-state index is 0.245. The summed E-state index contributed by atoms with van der Waals surface area (Å²) in [5, 5.41) is 0. The van der Waals surface area contributed by atoms with E-state index in [0.29, 0.717) is 19.4 Å². The molecule has 3 atom stereocenters. The SMILES string of the molecule is CCC(C)(C)C(=O)OC1C(=O)OC2CCOC21. The molecule has 0 aromatic rings. The predicted molar refractivity (Wildman–Crippen MR) is 58.2 cm³/mol. The molecular formula is C12H18O5. The first-order valence-corrected chi connectivity index (χ1v) is 5.99. The number of carbonyl (C=O) groups excluding carboxylic acids is 2. The Labute approximate surface area is 100 Å². The number of hydrogen-bond acceptors (Lipinski definition) is 5. The molecule has 0 aromatic heterocycles. The molecule has 5 heteroatoms. The van der Waals surface area contributed by atoms with Crippen LogP contribution in [0.15, 0.2) is 0 Å². The van der Waals surface area contributed by atoms with Gasteiger partial charge in [0.05, 0.1) is 12.0 Å². The van der Waals surface area contributed by atoms with E-state index in [4.69, 9.17) is 14.2 Å². The van der Waals surface area contributed by atoms with Crippen molar-refractivity contribution in [3.8, 4) is 0 Å². The van der Waals surface area contributed by atoms with Gasteiger partial charge in [-0.25, -0.2) is 4.79 Å². The molecule has 2 fully saturated rings. The second-order valence-electron chi connectivity index (χ2n) is 5.16. The van der Waals surface area contributed by atoms with E-state index < -0.39 is 23.6 Å². The van der Waals surface area contributed by atoms with Crippen molar-refractivity contribution < 1.29 is 23.8 Å². The lowest BCUT2D eigenvalue weighted by molar-refractivity contribution is -0.171. The van der Waals surface area contributed by atoms with E-state index in [1.807, 2.05) is 6.92 Å². The summed E-state index contributed by atoms with van der Waals surface area (Å²) < 4.78 is 15.7. The predicted octanol–water partition coefficient (Wildman–Crippen LogP) is 1.05. The van der Waals surface area contributed by atoms with Crippen molar-refractivity contribution >= 4 is 11.9 Å². The Hall–Kier alpha value is -1.10. The van der Waals surface area contributed by atoms with Gasteiger partial charge in [0.25, 0.3) is 0 Å². The Morgan fingerprint density at radius 2 is 2.24 bits per heavy atom. The van der Waals surface area contributed by atoms with Crippen LogP contribution >= 0.6 is 0 Å². The van der Waals surface area contributed by atoms with Gasteiger partial charge in [0, 0.05) is 6.42 Å². The van der Waals surface area contributed by atoms with Gasteiger partial charge in [-0.1, -0.05) is 6.92 Å². The van der Waals surface area contributed by atoms with E-state index >= 15 is 0 Å². The third-order valence-corrected chi connectivity index (χ3v) is 3.55. The highest BCUT2D eigenvalue weighted by Crippen LogP contribution is 2.31. The van der Waals surface area contributed by atoms with Crippen LogP contribution in [0.2, 0.25) is 0 Å². The van der Waals surface area contributed by atoms with Crippen LogP contribution in [0.25, 0.3) is 0 Å². The second-order valence-corrected chi connectivity index (χ2v) is 5.16. The standard InChI is InChI=1S/C12H18O5/c1-4-12(2,3)11(14)17-9-8-7(5-6-15-8)16-10(9)13/h7-9H,4-6H2,1-3H3. The number of carbonyl (C=O) groups is 2. The molecule has 0 aromatic carbocycles. The minimum Gasteiger partial charge on any atom is -0.457 e. The maximum atomic E-state index is 11.9. The first-order chi connectivity index (χ1) is 7.95. The van der Waals surface area contributed by atoms with Crippen molar-refractivity contribution in [1.82, 2.24) is 0 Å². The summed E-state index contributed by atoms with van der Waals surface area (Å²) in [6, 6.07) is 0. The van der Waals surface area contributed by atoms with E-state index in [9.17, 15) is 9.59 Å². The van der Waals surface area contributed by atoms with Gasteiger partial charge in [-0.05, 0) is 20.3 Å². The van der Waals surface area contributed by atoms with Crippen molar-refractivity contribution in [1.29, 1.82) is 0 Å². The summed E-state index contributed by atoms with van der Waals surface area (Å²) in [6.45, 7) is 6.04. The van der Waals surface area contributed by atoms with E-state index in [1.54, 1.807) is 13.8 Å². The lowest BCUT2D eigenvalue weighted by atomic mass is 9.90. The van der Waals surface area contributed by atoms with Gasteiger partial charge in [-0.2, -0.15) is 0 Å². The highest BCUT2D eigenvalue weighted by molar-refractivity contribution is 5.84. The molecule has 2 aliphatic heterocycles. The number of rotatable bonds is 3. The molecule has 96 valence electrons. The number of ether oxygens (including phenoxy) is 3. The molecule has 2 rings (SSSR count). The third kappa shape index (κ3) is 2.16. The Morgan fingerprint density at radius 1 is 1.53 bits per heavy atom. The fraction of sp³-hybridized carbons (Fsp3) is 0.833. The van der Waals surface area contributed by atoms with Gasteiger partial charge >= 0.3 is 11.9 Å². The topological polar surface area (TPSA) is 61.8 Å². The molecule has 0 bridgehead atoms. The summed E-state index contributed by atoms with van der Waals surface area (Å²) in [6.07, 6.45) is -0.213. The Morgan fingerprint density at radius 3 is 2.88 bits per heavy atom. The van der Waals surface area contributed by atoms with Crippen LogP contribution in [0, 0.1) is 5.41 Å². The quantitative estimate of drug-likeness (QED) is 0.692. The minimum atomic E-state index is -0.888. The van der Waals surface area contributed by atoms with E-state index in [1.165, 1.54) is 0 Å². The molecule has 0 saturated carbocycles. The Balaban J connectivity index is 2.03. The summed E-state index contributed by atoms with van der Waals surface area (Å²) in [4.78, 5) is 23.5. The molecule has 5 nitrogen and oxygen atoms in total. The Kier molecular flexibility index (Phi) is 3.12. The number of hydrogen-bond donors (Lipinski definition) is 0. The van der Waals surface area contributed by atoms with Crippen LogP contribution in [0.4, 0.5) is 0 Å². The highest BCUT2D eigenvalue weighted by Gasteiger charge is 2.51. The zero-order valence-electron chi connectivity index (χ0n) is 10.4. The van der Waals surface area contributed by atoms with Crippen molar-refractivity contribution in [2.24, 2.45) is 5.41 Å². The molecular weight excluding hydrogens is 224 g/mol. The van der Waals surface area contributed by atoms with Crippen molar-refractivity contribution in [2.75, 3.05) is 6.61 Å². The van der Waals surface area contributed by atoms with Gasteiger partial charge in [-0.3, -0.25) is 4.79 Å². The average molecular weight is 242 g/mol. The van der Waals surface area contributed by atoms with Gasteiger partial charge in [-0.15, -0.1) is 0 Å². The van der Waals surface area contributed by atoms with Crippen LogP contribution in [0.3, 0.4) is 0 Å². The summed E-state index contributed by atoms with van der Waals surface area (Å²) in [5.41, 5.74) is -0.586. The van der Waals surface area contributed by atoms with Gasteiger partial charge in [0.1, 0.15) is 12.2 Å². The molecule has 2 heterocycles. The number of fused-ring (bicyclic) bond motifs is 1. The largest absolute Gasteiger partial charge is 0.457 e. The monoisotopic (exact) mass is 242 g/mol. The second kappa shape index (κ2) is 4.29. The molecule has 0 N–H and O–H groups in total. The van der Waals surface area contributed by atoms with Crippen molar-refractivity contribution in [3.63, 3.8) is 0 Å². The van der Waals surface area contributed by atoms with Crippen LogP contribution in [0.5, 0.6) is 0 Å². The van der Waals surface area contributed by atoms with Crippen molar-refractivity contribution in [3.05, 3.63) is 0 Å². The zero-order valence-corrected chi connectivity index (χ0v) is 10.4. The van der Waals surface area contributed by atoms with Gasteiger partial charge in [0.15, 0.2) is 0 Å². The molecule has 2 saturated heterocycles. The molecule has 0 amide bonds. The molecule has 17 heavy (non-hydrogen) atoms. The van der Waals surface area contributed by atoms with E-state index in [0.717, 1.165) is 0 Å². The molecule has 0 aliphatic carbocycles. The fourth-order valence-electron chi connectivity index (χ4n) is 1.88. The van der Waals surface area contributed by atoms with Crippen LogP contribution < -0.4 is 0 Å². The first-order valence-electron chi connectivity index (χ1n) is 5.99. The van der Waals surface area contributed by atoms with Crippen molar-refractivity contribution in [2.45, 2.75) is 51.9 Å². The Bertz CT molecular complexity index is 336. The lowest BCUT2D eigenvalue weighted by Crippen LogP contribution is -2.38. The summed E-state index contributed by atoms with van der Waals surface area (Å²) in [5.74, 6) is -0.863. The van der Waals surface area contributed by atoms with Gasteiger partial charge in [0.2, 0.25) is 6.10 Å². The lowest BCUT2D eigenvalue weighted by Gasteiger charge is -2.23. The zero-order chi connectivity index (χ0) is 12.6. The highest BCUT2D eigenvalue weighted by atomic mass is 16.7. The average Bonchev–Trinajstić information content (AvgIpc) is 2.82. The van der Waals surface area contributed by atoms with Crippen LogP contribution in [0.1, 0.15) is 33.6 Å². The molecule has 0 radical (unpaired) electrons. The number of esters is 2. The van der Waals surface area contributed by atoms with Gasteiger partial charge < -0.3 is 14.2 Å². The maximum Gasteiger partial charge on any atom is 0.350 e. The fourth-order valence-corrected chi connectivity index (χ4v) is 1.88. The molecule has 2 aliphatic rings. The third-order valence-electron chi connectivity index (χ3n) is 3.55. The molecule has 3 unspecified atom stereocenters. The maximum absolute atomic E-state index is 11.9. The first kappa shape index (κ1) is 12.4. The van der Waals surface area contributed by atoms with Crippen LogP contribution in [-0.4, -0.2) is 36.9 Å². The van der Waals surface area contributed by atoms with E-state index in [2.05, 4.69) is 0 Å². The smallest absolute Gasteiger partial charge is 0.350 e. The summed E-state index contributed by atoms with van der Waals surface area (Å²) >= 11 is 0. The molecule has 0 spiro atoms. The summed E-state index contributed by atoms with van der Waals surface area (Å²) in [7, 11) is 0. The normalized spacial score (nSPS) is 32.2. The van der Waals surface area contributed by atoms with E-state index in [-0.39, 0.29) is 12.1 Å². The van der Waals surface area contributed by atoms with Crippen LogP contribution in [-0.2, 0) is 23.8 Å².